The van der Waals surface area contributed by atoms with Crippen molar-refractivity contribution in [2.24, 2.45) is 0 Å². The number of hydrogen-bond donors (Lipinski definition) is 0. The lowest BCUT2D eigenvalue weighted by Crippen LogP contribution is -2.50. The zero-order valence-electron chi connectivity index (χ0n) is 16.5. The SMILES string of the molecule is CC(C)c1ccc(S(=O)(=O)N2CCN(C(=O)CCCc3cccs3)CC2)cc1. The number of sulfonamides is 1. The van der Waals surface area contributed by atoms with E-state index in [2.05, 4.69) is 19.9 Å². The van der Waals surface area contributed by atoms with Gasteiger partial charge in [-0.25, -0.2) is 8.42 Å². The lowest BCUT2D eigenvalue weighted by Gasteiger charge is -2.34. The minimum atomic E-state index is -3.50. The van der Waals surface area contributed by atoms with E-state index in [4.69, 9.17) is 0 Å². The number of carbonyl (C=O) groups is 1. The number of amides is 1. The van der Waals surface area contributed by atoms with Gasteiger partial charge in [0, 0.05) is 37.5 Å². The number of hydrogen-bond acceptors (Lipinski definition) is 4. The Bertz CT molecular complexity index is 867. The minimum Gasteiger partial charge on any atom is -0.340 e. The Morgan fingerprint density at radius 3 is 2.32 bits per heavy atom. The Hall–Kier alpha value is -1.70. The molecule has 1 aromatic heterocycles. The number of carbonyl (C=O) groups excluding carboxylic acids is 1. The fourth-order valence-electron chi connectivity index (χ4n) is 3.38. The second-order valence-electron chi connectivity index (χ2n) is 7.44. The summed E-state index contributed by atoms with van der Waals surface area (Å²) in [6.07, 6.45) is 2.27. The first-order chi connectivity index (χ1) is 13.4. The zero-order chi connectivity index (χ0) is 20.1. The fraction of sp³-hybridized carbons (Fsp3) is 0.476. The van der Waals surface area contributed by atoms with Crippen LogP contribution in [0.1, 0.15) is 43.0 Å². The largest absolute Gasteiger partial charge is 0.340 e. The molecular weight excluding hydrogens is 392 g/mol. The van der Waals surface area contributed by atoms with Gasteiger partial charge in [0.05, 0.1) is 4.90 Å². The van der Waals surface area contributed by atoms with Crippen molar-refractivity contribution in [2.45, 2.75) is 43.9 Å². The van der Waals surface area contributed by atoms with Crippen LogP contribution in [0.3, 0.4) is 0 Å². The van der Waals surface area contributed by atoms with Crippen molar-refractivity contribution < 1.29 is 13.2 Å². The first-order valence-corrected chi connectivity index (χ1v) is 12.1. The molecule has 1 aromatic carbocycles. The van der Waals surface area contributed by atoms with Crippen LogP contribution in [-0.4, -0.2) is 49.7 Å². The van der Waals surface area contributed by atoms with E-state index < -0.39 is 10.0 Å². The molecule has 3 rings (SSSR count). The number of aryl methyl sites for hydroxylation is 1. The van der Waals surface area contributed by atoms with Crippen LogP contribution < -0.4 is 0 Å². The average Bonchev–Trinajstić information content (AvgIpc) is 3.21. The van der Waals surface area contributed by atoms with Gasteiger partial charge < -0.3 is 4.90 Å². The van der Waals surface area contributed by atoms with E-state index in [9.17, 15) is 13.2 Å². The number of thiophene rings is 1. The maximum atomic E-state index is 12.9. The normalized spacial score (nSPS) is 15.9. The van der Waals surface area contributed by atoms with Crippen molar-refractivity contribution in [1.82, 2.24) is 9.21 Å². The van der Waals surface area contributed by atoms with Crippen LogP contribution >= 0.6 is 11.3 Å². The van der Waals surface area contributed by atoms with Crippen molar-refractivity contribution in [3.8, 4) is 0 Å². The summed E-state index contributed by atoms with van der Waals surface area (Å²) in [6.45, 7) is 5.79. The molecule has 1 aliphatic heterocycles. The maximum absolute atomic E-state index is 12.9. The van der Waals surface area contributed by atoms with Gasteiger partial charge in [-0.1, -0.05) is 32.0 Å². The van der Waals surface area contributed by atoms with Crippen molar-refractivity contribution in [1.29, 1.82) is 0 Å². The van der Waals surface area contributed by atoms with Crippen LogP contribution in [0.2, 0.25) is 0 Å². The molecule has 28 heavy (non-hydrogen) atoms. The molecule has 0 saturated carbocycles. The highest BCUT2D eigenvalue weighted by Gasteiger charge is 2.29. The van der Waals surface area contributed by atoms with Crippen LogP contribution in [0.15, 0.2) is 46.7 Å². The third-order valence-electron chi connectivity index (χ3n) is 5.17. The molecule has 5 nitrogen and oxygen atoms in total. The zero-order valence-corrected chi connectivity index (χ0v) is 18.1. The highest BCUT2D eigenvalue weighted by Crippen LogP contribution is 2.21. The van der Waals surface area contributed by atoms with Crippen molar-refractivity contribution in [2.75, 3.05) is 26.2 Å². The summed E-state index contributed by atoms with van der Waals surface area (Å²) in [6, 6.07) is 11.2. The Balaban J connectivity index is 1.51. The summed E-state index contributed by atoms with van der Waals surface area (Å²) in [7, 11) is -3.50. The summed E-state index contributed by atoms with van der Waals surface area (Å²) in [4.78, 5) is 15.8. The lowest BCUT2D eigenvalue weighted by atomic mass is 10.0. The summed E-state index contributed by atoms with van der Waals surface area (Å²) < 4.78 is 27.2. The third kappa shape index (κ3) is 5.01. The van der Waals surface area contributed by atoms with E-state index >= 15 is 0 Å². The number of benzene rings is 1. The molecule has 0 aliphatic carbocycles. The van der Waals surface area contributed by atoms with Gasteiger partial charge in [-0.15, -0.1) is 11.3 Å². The van der Waals surface area contributed by atoms with Gasteiger partial charge >= 0.3 is 0 Å². The van der Waals surface area contributed by atoms with Crippen molar-refractivity contribution in [3.05, 3.63) is 52.2 Å². The van der Waals surface area contributed by atoms with Gasteiger partial charge in [-0.2, -0.15) is 4.31 Å². The molecule has 1 fully saturated rings. The molecule has 0 spiro atoms. The quantitative estimate of drug-likeness (QED) is 0.686. The van der Waals surface area contributed by atoms with E-state index in [-0.39, 0.29) is 5.91 Å². The molecule has 2 aromatic rings. The molecule has 1 saturated heterocycles. The molecule has 152 valence electrons. The van der Waals surface area contributed by atoms with Gasteiger partial charge in [0.2, 0.25) is 15.9 Å². The molecule has 0 unspecified atom stereocenters. The topological polar surface area (TPSA) is 57.7 Å². The predicted octanol–water partition coefficient (Wildman–Crippen LogP) is 3.73. The first kappa shape index (κ1) is 21.0. The fourth-order valence-corrected chi connectivity index (χ4v) is 5.55. The molecule has 1 amide bonds. The van der Waals surface area contributed by atoms with Crippen LogP contribution in [0.4, 0.5) is 0 Å². The Morgan fingerprint density at radius 2 is 1.75 bits per heavy atom. The number of nitrogens with zero attached hydrogens (tertiary/aromatic N) is 2. The molecule has 2 heterocycles. The third-order valence-corrected chi connectivity index (χ3v) is 8.02. The smallest absolute Gasteiger partial charge is 0.243 e. The van der Waals surface area contributed by atoms with Crippen molar-refractivity contribution in [3.63, 3.8) is 0 Å². The summed E-state index contributed by atoms with van der Waals surface area (Å²) in [5, 5.41) is 2.05. The second-order valence-corrected chi connectivity index (χ2v) is 10.4. The van der Waals surface area contributed by atoms with Crippen LogP contribution in [0.25, 0.3) is 0 Å². The van der Waals surface area contributed by atoms with Crippen molar-refractivity contribution >= 4 is 27.3 Å². The summed E-state index contributed by atoms with van der Waals surface area (Å²) >= 11 is 1.72. The van der Waals surface area contributed by atoms with Crippen LogP contribution in [0.5, 0.6) is 0 Å². The second kappa shape index (κ2) is 9.20. The summed E-state index contributed by atoms with van der Waals surface area (Å²) in [5.74, 6) is 0.487. The summed E-state index contributed by atoms with van der Waals surface area (Å²) in [5.41, 5.74) is 1.12. The van der Waals surface area contributed by atoms with Crippen LogP contribution in [0, 0.1) is 0 Å². The minimum absolute atomic E-state index is 0.120. The van der Waals surface area contributed by atoms with Gasteiger partial charge in [-0.05, 0) is 47.9 Å². The highest BCUT2D eigenvalue weighted by atomic mass is 32.2. The molecule has 0 atom stereocenters. The van der Waals surface area contributed by atoms with Gasteiger partial charge in [0.15, 0.2) is 0 Å². The van der Waals surface area contributed by atoms with E-state index in [0.29, 0.717) is 43.4 Å². The molecule has 0 bridgehead atoms. The maximum Gasteiger partial charge on any atom is 0.243 e. The number of rotatable bonds is 7. The monoisotopic (exact) mass is 420 g/mol. The molecule has 7 heteroatoms. The predicted molar refractivity (Wildman–Crippen MR) is 113 cm³/mol. The molecule has 0 N–H and O–H groups in total. The molecule has 0 radical (unpaired) electrons. The Morgan fingerprint density at radius 1 is 1.07 bits per heavy atom. The van der Waals surface area contributed by atoms with Crippen LogP contribution in [-0.2, 0) is 21.2 Å². The Kier molecular flexibility index (Phi) is 6.91. The van der Waals surface area contributed by atoms with E-state index in [1.807, 2.05) is 23.6 Å². The van der Waals surface area contributed by atoms with Gasteiger partial charge in [0.1, 0.15) is 0 Å². The highest BCUT2D eigenvalue weighted by molar-refractivity contribution is 7.89. The number of piperazine rings is 1. The van der Waals surface area contributed by atoms with Gasteiger partial charge in [-0.3, -0.25) is 4.79 Å². The van der Waals surface area contributed by atoms with E-state index in [1.165, 1.54) is 9.18 Å². The average molecular weight is 421 g/mol. The first-order valence-electron chi connectivity index (χ1n) is 9.78. The molecular formula is C21H28N2O3S2. The lowest BCUT2D eigenvalue weighted by molar-refractivity contribution is -0.132. The standard InChI is InChI=1S/C21H28N2O3S2/c1-17(2)18-8-10-20(11-9-18)28(25,26)23-14-12-22(13-15-23)21(24)7-3-5-19-6-4-16-27-19/h4,6,8-11,16-17H,3,5,7,12-15H2,1-2H3. The molecule has 1 aliphatic rings. The van der Waals surface area contributed by atoms with E-state index in [1.54, 1.807) is 28.4 Å². The van der Waals surface area contributed by atoms with E-state index in [0.717, 1.165) is 18.4 Å². The Labute approximate surface area is 172 Å². The van der Waals surface area contributed by atoms with Gasteiger partial charge in [0.25, 0.3) is 0 Å².